The maximum Gasteiger partial charge on any atom is 0.337 e. The third-order valence-corrected chi connectivity index (χ3v) is 4.42. The van der Waals surface area contributed by atoms with Gasteiger partial charge >= 0.3 is 5.97 Å². The zero-order valence-corrected chi connectivity index (χ0v) is 13.6. The number of hydrogen-bond acceptors (Lipinski definition) is 6. The third-order valence-electron chi connectivity index (χ3n) is 3.04. The van der Waals surface area contributed by atoms with Gasteiger partial charge in [-0.05, 0) is 30.2 Å². The Balaban J connectivity index is 2.14. The van der Waals surface area contributed by atoms with Crippen LogP contribution in [0, 0.1) is 0 Å². The number of hydrogen-bond donors (Lipinski definition) is 1. The van der Waals surface area contributed by atoms with Crippen molar-refractivity contribution in [2.45, 2.75) is 6.42 Å². The van der Waals surface area contributed by atoms with Crippen LogP contribution in [0.25, 0.3) is 6.08 Å². The van der Waals surface area contributed by atoms with Gasteiger partial charge in [-0.15, -0.1) is 0 Å². The quantitative estimate of drug-likeness (QED) is 0.504. The van der Waals surface area contributed by atoms with E-state index in [2.05, 4.69) is 4.74 Å². The van der Waals surface area contributed by atoms with Gasteiger partial charge in [0.2, 0.25) is 0 Å². The third kappa shape index (κ3) is 3.73. The summed E-state index contributed by atoms with van der Waals surface area (Å²) in [5.74, 6) is -0.553. The molecule has 1 saturated heterocycles. The van der Waals surface area contributed by atoms with Crippen molar-refractivity contribution in [1.29, 1.82) is 0 Å². The molecule has 1 aromatic rings. The first-order valence-electron chi connectivity index (χ1n) is 6.61. The molecular weight excluding hydrogens is 322 g/mol. The molecule has 116 valence electrons. The molecular formula is C15H15NO4S2. The highest BCUT2D eigenvalue weighted by Crippen LogP contribution is 2.32. The SMILES string of the molecule is COC(=O)c1ccc(/C=C2\SC(=S)N(CCCO)C2=O)cc1. The molecule has 0 aliphatic carbocycles. The van der Waals surface area contributed by atoms with Crippen LogP contribution in [-0.2, 0) is 9.53 Å². The summed E-state index contributed by atoms with van der Waals surface area (Å²) in [6, 6.07) is 6.77. The normalized spacial score (nSPS) is 16.5. The van der Waals surface area contributed by atoms with Gasteiger partial charge in [-0.1, -0.05) is 36.1 Å². The van der Waals surface area contributed by atoms with E-state index in [1.165, 1.54) is 23.8 Å². The van der Waals surface area contributed by atoms with E-state index in [9.17, 15) is 9.59 Å². The van der Waals surface area contributed by atoms with Gasteiger partial charge in [0, 0.05) is 13.2 Å². The predicted octanol–water partition coefficient (Wildman–Crippen LogP) is 2.06. The van der Waals surface area contributed by atoms with Gasteiger partial charge in [0.25, 0.3) is 5.91 Å². The number of ether oxygens (including phenoxy) is 1. The molecule has 1 N–H and O–H groups in total. The fraction of sp³-hybridized carbons (Fsp3) is 0.267. The lowest BCUT2D eigenvalue weighted by atomic mass is 10.1. The molecule has 0 unspecified atom stereocenters. The number of esters is 1. The van der Waals surface area contributed by atoms with E-state index >= 15 is 0 Å². The summed E-state index contributed by atoms with van der Waals surface area (Å²) >= 11 is 6.42. The Morgan fingerprint density at radius 1 is 1.41 bits per heavy atom. The summed E-state index contributed by atoms with van der Waals surface area (Å²) in [6.07, 6.45) is 2.23. The first-order chi connectivity index (χ1) is 10.6. The first-order valence-corrected chi connectivity index (χ1v) is 7.84. The molecule has 1 aromatic carbocycles. The Bertz CT molecular complexity index is 625. The van der Waals surface area contributed by atoms with Crippen molar-refractivity contribution in [3.05, 3.63) is 40.3 Å². The number of rotatable bonds is 5. The van der Waals surface area contributed by atoms with Gasteiger partial charge in [-0.25, -0.2) is 4.79 Å². The second-order valence-electron chi connectivity index (χ2n) is 4.52. The maximum atomic E-state index is 12.2. The summed E-state index contributed by atoms with van der Waals surface area (Å²) in [4.78, 5) is 25.6. The second kappa shape index (κ2) is 7.53. The largest absolute Gasteiger partial charge is 0.465 e. The molecule has 1 heterocycles. The lowest BCUT2D eigenvalue weighted by Crippen LogP contribution is -2.29. The summed E-state index contributed by atoms with van der Waals surface area (Å²) in [5.41, 5.74) is 1.26. The smallest absolute Gasteiger partial charge is 0.337 e. The number of amides is 1. The van der Waals surface area contributed by atoms with Crippen molar-refractivity contribution in [3.8, 4) is 0 Å². The summed E-state index contributed by atoms with van der Waals surface area (Å²) in [6.45, 7) is 0.435. The van der Waals surface area contributed by atoms with Crippen LogP contribution in [0.1, 0.15) is 22.3 Å². The van der Waals surface area contributed by atoms with E-state index < -0.39 is 5.97 Å². The molecule has 0 saturated carbocycles. The number of carbonyl (C=O) groups is 2. The van der Waals surface area contributed by atoms with Crippen LogP contribution in [0.15, 0.2) is 29.2 Å². The van der Waals surface area contributed by atoms with Crippen molar-refractivity contribution < 1.29 is 19.4 Å². The molecule has 7 heteroatoms. The average Bonchev–Trinajstić information content (AvgIpc) is 2.79. The average molecular weight is 337 g/mol. The Morgan fingerprint density at radius 2 is 2.09 bits per heavy atom. The maximum absolute atomic E-state index is 12.2. The standard InChI is InChI=1S/C15H15NO4S2/c1-20-14(19)11-5-3-10(4-6-11)9-12-13(18)16(7-2-8-17)15(21)22-12/h3-6,9,17H,2,7-8H2,1H3/b12-9-. The van der Waals surface area contributed by atoms with Gasteiger partial charge in [-0.3, -0.25) is 9.69 Å². The molecule has 2 rings (SSSR count). The van der Waals surface area contributed by atoms with Crippen LogP contribution in [0.2, 0.25) is 0 Å². The summed E-state index contributed by atoms with van der Waals surface area (Å²) in [7, 11) is 1.33. The molecule has 22 heavy (non-hydrogen) atoms. The first kappa shape index (κ1) is 16.7. The molecule has 5 nitrogen and oxygen atoms in total. The number of benzene rings is 1. The van der Waals surface area contributed by atoms with Gasteiger partial charge in [-0.2, -0.15) is 0 Å². The van der Waals surface area contributed by atoms with Gasteiger partial charge in [0.1, 0.15) is 4.32 Å². The Labute approximate surface area is 137 Å². The van der Waals surface area contributed by atoms with E-state index in [1.807, 2.05) is 0 Å². The fourth-order valence-electron chi connectivity index (χ4n) is 1.91. The van der Waals surface area contributed by atoms with Crippen LogP contribution in [0.4, 0.5) is 0 Å². The van der Waals surface area contributed by atoms with E-state index in [0.29, 0.717) is 27.8 Å². The Kier molecular flexibility index (Phi) is 5.70. The number of thioether (sulfide) groups is 1. The van der Waals surface area contributed by atoms with Crippen LogP contribution in [-0.4, -0.2) is 46.5 Å². The number of methoxy groups -OCH3 is 1. The molecule has 1 amide bonds. The molecule has 0 radical (unpaired) electrons. The highest BCUT2D eigenvalue weighted by Gasteiger charge is 2.31. The minimum absolute atomic E-state index is 0.0189. The molecule has 0 aromatic heterocycles. The predicted molar refractivity (Wildman–Crippen MR) is 89.4 cm³/mol. The van der Waals surface area contributed by atoms with Crippen molar-refractivity contribution in [2.24, 2.45) is 0 Å². The lowest BCUT2D eigenvalue weighted by Gasteiger charge is -2.12. The molecule has 0 atom stereocenters. The number of thiocarbonyl (C=S) groups is 1. The van der Waals surface area contributed by atoms with Crippen molar-refractivity contribution >= 4 is 46.3 Å². The Hall–Kier alpha value is -1.70. The van der Waals surface area contributed by atoms with Gasteiger partial charge in [0.05, 0.1) is 17.6 Å². The molecule has 0 spiro atoms. The van der Waals surface area contributed by atoms with E-state index in [-0.39, 0.29) is 12.5 Å². The van der Waals surface area contributed by atoms with Crippen LogP contribution in [0.3, 0.4) is 0 Å². The Morgan fingerprint density at radius 3 is 2.68 bits per heavy atom. The highest BCUT2D eigenvalue weighted by molar-refractivity contribution is 8.26. The van der Waals surface area contributed by atoms with Crippen molar-refractivity contribution in [2.75, 3.05) is 20.3 Å². The molecule has 1 fully saturated rings. The highest BCUT2D eigenvalue weighted by atomic mass is 32.2. The second-order valence-corrected chi connectivity index (χ2v) is 6.20. The zero-order chi connectivity index (χ0) is 16.1. The van der Waals surface area contributed by atoms with Crippen LogP contribution < -0.4 is 0 Å². The lowest BCUT2D eigenvalue weighted by molar-refractivity contribution is -0.122. The summed E-state index contributed by atoms with van der Waals surface area (Å²) in [5, 5.41) is 8.85. The van der Waals surface area contributed by atoms with E-state index in [0.717, 1.165) is 5.56 Å². The number of nitrogens with zero attached hydrogens (tertiary/aromatic N) is 1. The van der Waals surface area contributed by atoms with Crippen LogP contribution in [0.5, 0.6) is 0 Å². The fourth-order valence-corrected chi connectivity index (χ4v) is 3.21. The summed E-state index contributed by atoms with van der Waals surface area (Å²) < 4.78 is 5.13. The zero-order valence-electron chi connectivity index (χ0n) is 11.9. The van der Waals surface area contributed by atoms with Crippen molar-refractivity contribution in [3.63, 3.8) is 0 Å². The molecule has 0 bridgehead atoms. The number of aliphatic hydroxyl groups excluding tert-OH is 1. The minimum atomic E-state index is -0.401. The number of aliphatic hydroxyl groups is 1. The number of carbonyl (C=O) groups excluding carboxylic acids is 2. The van der Waals surface area contributed by atoms with Gasteiger partial charge in [0.15, 0.2) is 0 Å². The van der Waals surface area contributed by atoms with Gasteiger partial charge < -0.3 is 9.84 Å². The molecule has 1 aliphatic rings. The minimum Gasteiger partial charge on any atom is -0.465 e. The monoisotopic (exact) mass is 337 g/mol. The van der Waals surface area contributed by atoms with Crippen molar-refractivity contribution in [1.82, 2.24) is 4.90 Å². The topological polar surface area (TPSA) is 66.8 Å². The molecule has 1 aliphatic heterocycles. The van der Waals surface area contributed by atoms with E-state index in [4.69, 9.17) is 17.3 Å². The van der Waals surface area contributed by atoms with Crippen LogP contribution >= 0.6 is 24.0 Å². The van der Waals surface area contributed by atoms with E-state index in [1.54, 1.807) is 30.3 Å².